The fourth-order valence-electron chi connectivity index (χ4n) is 1.51. The minimum absolute atomic E-state index is 0.0461. The molecule has 16 heavy (non-hydrogen) atoms. The Kier molecular flexibility index (Phi) is 2.91. The molecule has 0 bridgehead atoms. The van der Waals surface area contributed by atoms with E-state index in [4.69, 9.17) is 23.2 Å². The maximum absolute atomic E-state index is 13.3. The Labute approximate surface area is 103 Å². The van der Waals surface area contributed by atoms with E-state index in [9.17, 15) is 4.39 Å². The Balaban J connectivity index is 2.68. The fraction of sp³-hybridized carbons (Fsp3) is 0.182. The van der Waals surface area contributed by atoms with Gasteiger partial charge in [-0.05, 0) is 26.0 Å². The summed E-state index contributed by atoms with van der Waals surface area (Å²) in [6.07, 6.45) is 0. The molecule has 2 nitrogen and oxygen atoms in total. The molecular weight excluding hydrogens is 250 g/mol. The van der Waals surface area contributed by atoms with E-state index >= 15 is 0 Å². The first-order valence-electron chi connectivity index (χ1n) is 4.68. The van der Waals surface area contributed by atoms with Crippen LogP contribution in [0.15, 0.2) is 18.2 Å². The number of rotatable bonds is 1. The summed E-state index contributed by atoms with van der Waals surface area (Å²) in [6, 6.07) is 4.58. The van der Waals surface area contributed by atoms with Crippen LogP contribution in [0.3, 0.4) is 0 Å². The third-order valence-corrected chi connectivity index (χ3v) is 3.28. The highest BCUT2D eigenvalue weighted by Crippen LogP contribution is 2.27. The summed E-state index contributed by atoms with van der Waals surface area (Å²) in [7, 11) is 0. The van der Waals surface area contributed by atoms with Gasteiger partial charge in [-0.3, -0.25) is 0 Å². The molecule has 2 rings (SSSR count). The minimum atomic E-state index is -0.470. The van der Waals surface area contributed by atoms with Crippen molar-refractivity contribution in [1.29, 1.82) is 0 Å². The second kappa shape index (κ2) is 4.07. The molecule has 0 atom stereocenters. The summed E-state index contributed by atoms with van der Waals surface area (Å²) in [6.45, 7) is 3.60. The molecule has 0 N–H and O–H groups in total. The summed E-state index contributed by atoms with van der Waals surface area (Å²) in [5.41, 5.74) is 1.93. The molecule has 2 aromatic rings. The van der Waals surface area contributed by atoms with Gasteiger partial charge in [-0.1, -0.05) is 29.3 Å². The molecule has 0 saturated carbocycles. The molecule has 1 aromatic heterocycles. The fourth-order valence-corrected chi connectivity index (χ4v) is 1.84. The van der Waals surface area contributed by atoms with Gasteiger partial charge in [-0.15, -0.1) is 0 Å². The molecule has 0 aliphatic heterocycles. The van der Waals surface area contributed by atoms with Crippen LogP contribution in [0.5, 0.6) is 0 Å². The smallest absolute Gasteiger partial charge is 0.143 e. The number of aryl methyl sites for hydroxylation is 1. The highest BCUT2D eigenvalue weighted by Gasteiger charge is 2.14. The highest BCUT2D eigenvalue weighted by molar-refractivity contribution is 6.33. The standard InChI is InChI=1S/C11H9Cl2FN2/c1-6-10(12)7(2)16(15-6)9-5-3-4-8(14)11(9)13/h3-5H,1-2H3. The number of hydrogen-bond acceptors (Lipinski definition) is 1. The predicted octanol–water partition coefficient (Wildman–Crippen LogP) is 3.94. The van der Waals surface area contributed by atoms with Gasteiger partial charge < -0.3 is 0 Å². The Morgan fingerprint density at radius 1 is 1.19 bits per heavy atom. The highest BCUT2D eigenvalue weighted by atomic mass is 35.5. The van der Waals surface area contributed by atoms with Gasteiger partial charge in [0.05, 0.1) is 22.1 Å². The van der Waals surface area contributed by atoms with Crippen LogP contribution in [0.2, 0.25) is 10.0 Å². The van der Waals surface area contributed by atoms with Crippen molar-refractivity contribution in [2.45, 2.75) is 13.8 Å². The van der Waals surface area contributed by atoms with Gasteiger partial charge in [0, 0.05) is 0 Å². The van der Waals surface area contributed by atoms with E-state index in [1.54, 1.807) is 23.7 Å². The van der Waals surface area contributed by atoms with E-state index in [0.717, 1.165) is 5.69 Å². The Hall–Kier alpha value is -1.06. The largest absolute Gasteiger partial charge is 0.235 e. The number of halogens is 3. The summed E-state index contributed by atoms with van der Waals surface area (Å²) in [5, 5.41) is 4.83. The van der Waals surface area contributed by atoms with Crippen LogP contribution in [0, 0.1) is 19.7 Å². The lowest BCUT2D eigenvalue weighted by Crippen LogP contribution is -2.00. The van der Waals surface area contributed by atoms with Gasteiger partial charge in [0.2, 0.25) is 0 Å². The van der Waals surface area contributed by atoms with Crippen molar-refractivity contribution in [3.63, 3.8) is 0 Å². The average Bonchev–Trinajstić information content (AvgIpc) is 2.50. The van der Waals surface area contributed by atoms with Crippen molar-refractivity contribution in [1.82, 2.24) is 9.78 Å². The zero-order valence-corrected chi connectivity index (χ0v) is 10.3. The number of nitrogens with zero attached hydrogens (tertiary/aromatic N) is 2. The summed E-state index contributed by atoms with van der Waals surface area (Å²) >= 11 is 11.9. The van der Waals surface area contributed by atoms with Gasteiger partial charge in [0.15, 0.2) is 0 Å². The van der Waals surface area contributed by atoms with Crippen molar-refractivity contribution >= 4 is 23.2 Å². The van der Waals surface area contributed by atoms with E-state index in [1.165, 1.54) is 6.07 Å². The Morgan fingerprint density at radius 2 is 1.88 bits per heavy atom. The molecule has 5 heteroatoms. The van der Waals surface area contributed by atoms with Gasteiger partial charge in [0.25, 0.3) is 0 Å². The zero-order valence-electron chi connectivity index (χ0n) is 8.76. The molecule has 0 radical (unpaired) electrons. The van der Waals surface area contributed by atoms with Gasteiger partial charge in [0.1, 0.15) is 10.8 Å². The lowest BCUT2D eigenvalue weighted by molar-refractivity contribution is 0.625. The molecule has 0 amide bonds. The quantitative estimate of drug-likeness (QED) is 0.758. The topological polar surface area (TPSA) is 17.8 Å². The molecule has 1 aromatic carbocycles. The Bertz CT molecular complexity index is 549. The van der Waals surface area contributed by atoms with Crippen LogP contribution >= 0.6 is 23.2 Å². The van der Waals surface area contributed by atoms with Gasteiger partial charge in [-0.2, -0.15) is 5.10 Å². The SMILES string of the molecule is Cc1nn(-c2cccc(F)c2Cl)c(C)c1Cl. The number of hydrogen-bond donors (Lipinski definition) is 0. The maximum atomic E-state index is 13.3. The second-order valence-corrected chi connectivity index (χ2v) is 4.23. The molecule has 0 saturated heterocycles. The van der Waals surface area contributed by atoms with Crippen molar-refractivity contribution in [3.05, 3.63) is 45.4 Å². The Morgan fingerprint density at radius 3 is 2.44 bits per heavy atom. The van der Waals surface area contributed by atoms with Crippen LogP contribution in [-0.4, -0.2) is 9.78 Å². The molecule has 0 spiro atoms. The molecule has 84 valence electrons. The molecule has 0 aliphatic carbocycles. The first-order chi connectivity index (χ1) is 7.52. The van der Waals surface area contributed by atoms with Crippen LogP contribution in [-0.2, 0) is 0 Å². The van der Waals surface area contributed by atoms with Crippen molar-refractivity contribution < 1.29 is 4.39 Å². The minimum Gasteiger partial charge on any atom is -0.235 e. The van der Waals surface area contributed by atoms with Crippen molar-refractivity contribution in [2.75, 3.05) is 0 Å². The third kappa shape index (κ3) is 1.70. The normalized spacial score (nSPS) is 10.8. The third-order valence-electron chi connectivity index (χ3n) is 2.36. The first-order valence-corrected chi connectivity index (χ1v) is 5.44. The van der Waals surface area contributed by atoms with Crippen LogP contribution in [0.4, 0.5) is 4.39 Å². The van der Waals surface area contributed by atoms with Gasteiger partial charge >= 0.3 is 0 Å². The predicted molar refractivity (Wildman–Crippen MR) is 63.0 cm³/mol. The summed E-state index contributed by atoms with van der Waals surface area (Å²) in [4.78, 5) is 0. The molecule has 0 aliphatic rings. The van der Waals surface area contributed by atoms with Crippen LogP contribution < -0.4 is 0 Å². The lowest BCUT2D eigenvalue weighted by atomic mass is 10.3. The van der Waals surface area contributed by atoms with E-state index < -0.39 is 5.82 Å². The van der Waals surface area contributed by atoms with E-state index in [1.807, 2.05) is 6.92 Å². The first kappa shape index (κ1) is 11.4. The molecular formula is C11H9Cl2FN2. The second-order valence-electron chi connectivity index (χ2n) is 3.47. The monoisotopic (exact) mass is 258 g/mol. The molecule has 0 fully saturated rings. The van der Waals surface area contributed by atoms with Crippen molar-refractivity contribution in [2.24, 2.45) is 0 Å². The molecule has 0 unspecified atom stereocenters. The van der Waals surface area contributed by atoms with Gasteiger partial charge in [-0.25, -0.2) is 9.07 Å². The number of aromatic nitrogens is 2. The lowest BCUT2D eigenvalue weighted by Gasteiger charge is -2.06. The molecule has 1 heterocycles. The summed E-state index contributed by atoms with van der Waals surface area (Å²) < 4.78 is 14.8. The van der Waals surface area contributed by atoms with Crippen LogP contribution in [0.25, 0.3) is 5.69 Å². The average molecular weight is 259 g/mol. The summed E-state index contributed by atoms with van der Waals surface area (Å²) in [5.74, 6) is -0.470. The maximum Gasteiger partial charge on any atom is 0.143 e. The van der Waals surface area contributed by atoms with Crippen molar-refractivity contribution in [3.8, 4) is 5.69 Å². The zero-order chi connectivity index (χ0) is 11.9. The number of benzene rings is 1. The van der Waals surface area contributed by atoms with E-state index in [2.05, 4.69) is 5.10 Å². The van der Waals surface area contributed by atoms with E-state index in [0.29, 0.717) is 16.4 Å². The van der Waals surface area contributed by atoms with E-state index in [-0.39, 0.29) is 5.02 Å². The van der Waals surface area contributed by atoms with Crippen LogP contribution in [0.1, 0.15) is 11.4 Å².